The van der Waals surface area contributed by atoms with Gasteiger partial charge in [0, 0.05) is 13.1 Å². The molecule has 188 valence electrons. The number of alkyl halides is 3. The van der Waals surface area contributed by atoms with Gasteiger partial charge in [0.15, 0.2) is 23.2 Å². The third kappa shape index (κ3) is 7.82. The predicted octanol–water partition coefficient (Wildman–Crippen LogP) is 3.66. The van der Waals surface area contributed by atoms with E-state index in [0.717, 1.165) is 6.07 Å². The Morgan fingerprint density at radius 3 is 2.63 bits per heavy atom. The Balaban J connectivity index is 1.59. The van der Waals surface area contributed by atoms with Gasteiger partial charge in [-0.15, -0.1) is 0 Å². The second-order valence-electron chi connectivity index (χ2n) is 7.29. The van der Waals surface area contributed by atoms with Crippen LogP contribution in [0.5, 0.6) is 11.5 Å². The molecule has 1 aliphatic rings. The van der Waals surface area contributed by atoms with Crippen molar-refractivity contribution < 1.29 is 32.2 Å². The van der Waals surface area contributed by atoms with Crippen LogP contribution in [0.25, 0.3) is 0 Å². The van der Waals surface area contributed by atoms with Crippen molar-refractivity contribution in [3.05, 3.63) is 53.6 Å². The number of thiocarbonyl (C=S) groups is 1. The molecule has 0 aliphatic carbocycles. The van der Waals surface area contributed by atoms with Crippen LogP contribution in [-0.4, -0.2) is 61.7 Å². The third-order valence-electron chi connectivity index (χ3n) is 4.84. The van der Waals surface area contributed by atoms with Crippen molar-refractivity contribution in [1.82, 2.24) is 10.3 Å². The lowest BCUT2D eigenvalue weighted by Gasteiger charge is -2.26. The van der Waals surface area contributed by atoms with Crippen LogP contribution in [0, 0.1) is 0 Å². The van der Waals surface area contributed by atoms with Gasteiger partial charge in [0.1, 0.15) is 0 Å². The summed E-state index contributed by atoms with van der Waals surface area (Å²) in [7, 11) is 0. The standard InChI is InChI=1S/C23H25F3N4O4S/c1-2-33-20-13-16(7-8-19(20)34-15-21(31)30-9-11-32-12-10-30)14-27-29-22(35)28-18-6-4-3-5-17(18)23(24,25)26/h3-8,13-14H,2,9-12,15H2,1H3,(H2,28,29,35). The van der Waals surface area contributed by atoms with Crippen LogP contribution in [0.3, 0.4) is 0 Å². The lowest BCUT2D eigenvalue weighted by molar-refractivity contribution is -0.137. The van der Waals surface area contributed by atoms with E-state index in [9.17, 15) is 18.0 Å². The Bertz CT molecular complexity index is 1060. The van der Waals surface area contributed by atoms with Gasteiger partial charge in [0.05, 0.1) is 37.3 Å². The molecule has 0 spiro atoms. The van der Waals surface area contributed by atoms with Crippen molar-refractivity contribution in [2.75, 3.05) is 44.8 Å². The smallest absolute Gasteiger partial charge is 0.418 e. The van der Waals surface area contributed by atoms with Crippen molar-refractivity contribution in [3.63, 3.8) is 0 Å². The average molecular weight is 511 g/mol. The van der Waals surface area contributed by atoms with E-state index >= 15 is 0 Å². The molecule has 1 saturated heterocycles. The molecule has 0 saturated carbocycles. The summed E-state index contributed by atoms with van der Waals surface area (Å²) in [6.07, 6.45) is -3.09. The Morgan fingerprint density at radius 1 is 1.17 bits per heavy atom. The topological polar surface area (TPSA) is 84.4 Å². The van der Waals surface area contributed by atoms with E-state index in [1.165, 1.54) is 24.4 Å². The minimum Gasteiger partial charge on any atom is -0.490 e. The van der Waals surface area contributed by atoms with Crippen LogP contribution >= 0.6 is 12.2 Å². The highest BCUT2D eigenvalue weighted by Gasteiger charge is 2.33. The number of para-hydroxylation sites is 1. The summed E-state index contributed by atoms with van der Waals surface area (Å²) in [5, 5.41) is 6.36. The van der Waals surface area contributed by atoms with E-state index in [2.05, 4.69) is 15.8 Å². The van der Waals surface area contributed by atoms with Crippen molar-refractivity contribution in [1.29, 1.82) is 0 Å². The summed E-state index contributed by atoms with van der Waals surface area (Å²) in [4.78, 5) is 14.0. The van der Waals surface area contributed by atoms with Crippen LogP contribution in [0.15, 0.2) is 47.6 Å². The van der Waals surface area contributed by atoms with Crippen LogP contribution in [0.1, 0.15) is 18.1 Å². The van der Waals surface area contributed by atoms with Gasteiger partial charge in [0.2, 0.25) is 0 Å². The number of nitrogens with zero attached hydrogens (tertiary/aromatic N) is 2. The average Bonchev–Trinajstić information content (AvgIpc) is 2.84. The van der Waals surface area contributed by atoms with E-state index in [1.807, 2.05) is 6.92 Å². The van der Waals surface area contributed by atoms with E-state index in [4.69, 9.17) is 26.4 Å². The molecule has 0 atom stereocenters. The molecule has 35 heavy (non-hydrogen) atoms. The summed E-state index contributed by atoms with van der Waals surface area (Å²) >= 11 is 5.04. The first-order chi connectivity index (χ1) is 16.8. The Hall–Kier alpha value is -3.38. The molecule has 0 radical (unpaired) electrons. The largest absolute Gasteiger partial charge is 0.490 e. The number of nitrogens with one attached hydrogen (secondary N) is 2. The maximum atomic E-state index is 13.1. The molecule has 0 aromatic heterocycles. The minimum absolute atomic E-state index is 0.107. The molecule has 0 bridgehead atoms. The number of benzene rings is 2. The summed E-state index contributed by atoms with van der Waals surface area (Å²) < 4.78 is 55.9. The SMILES string of the molecule is CCOc1cc(C=NNC(=S)Nc2ccccc2C(F)(F)F)ccc1OCC(=O)N1CCOCC1. The van der Waals surface area contributed by atoms with Gasteiger partial charge in [-0.1, -0.05) is 12.1 Å². The zero-order valence-electron chi connectivity index (χ0n) is 18.9. The van der Waals surface area contributed by atoms with Crippen LogP contribution < -0.4 is 20.2 Å². The number of amides is 1. The second-order valence-corrected chi connectivity index (χ2v) is 7.70. The molecule has 2 aromatic rings. The molecule has 8 nitrogen and oxygen atoms in total. The molecular formula is C23H25F3N4O4S. The van der Waals surface area contributed by atoms with Gasteiger partial charge in [0.25, 0.3) is 5.91 Å². The van der Waals surface area contributed by atoms with Gasteiger partial charge >= 0.3 is 6.18 Å². The summed E-state index contributed by atoms with van der Waals surface area (Å²) in [5.41, 5.74) is 2.09. The highest BCUT2D eigenvalue weighted by atomic mass is 32.1. The van der Waals surface area contributed by atoms with Gasteiger partial charge in [-0.25, -0.2) is 0 Å². The highest BCUT2D eigenvalue weighted by Crippen LogP contribution is 2.34. The van der Waals surface area contributed by atoms with E-state index < -0.39 is 11.7 Å². The zero-order valence-corrected chi connectivity index (χ0v) is 19.7. The van der Waals surface area contributed by atoms with Crippen LogP contribution in [0.2, 0.25) is 0 Å². The van der Waals surface area contributed by atoms with Crippen molar-refractivity contribution in [2.24, 2.45) is 5.10 Å². The van der Waals surface area contributed by atoms with Gasteiger partial charge < -0.3 is 24.4 Å². The Morgan fingerprint density at radius 2 is 1.91 bits per heavy atom. The normalized spacial score (nSPS) is 14.0. The molecule has 1 aliphatic heterocycles. The monoisotopic (exact) mass is 510 g/mol. The second kappa shape index (κ2) is 12.4. The number of morpholine rings is 1. The number of carbonyl (C=O) groups is 1. The number of rotatable bonds is 8. The third-order valence-corrected chi connectivity index (χ3v) is 5.04. The number of ether oxygens (including phenoxy) is 3. The predicted molar refractivity (Wildman–Crippen MR) is 129 cm³/mol. The van der Waals surface area contributed by atoms with E-state index in [1.54, 1.807) is 23.1 Å². The number of anilines is 1. The molecule has 2 N–H and O–H groups in total. The Labute approximate surface area is 206 Å². The van der Waals surface area contributed by atoms with Crippen molar-refractivity contribution in [3.8, 4) is 11.5 Å². The molecule has 1 heterocycles. The maximum absolute atomic E-state index is 13.1. The molecule has 0 unspecified atom stereocenters. The first-order valence-electron chi connectivity index (χ1n) is 10.8. The maximum Gasteiger partial charge on any atom is 0.418 e. The van der Waals surface area contributed by atoms with Gasteiger partial charge in [-0.3, -0.25) is 10.2 Å². The summed E-state index contributed by atoms with van der Waals surface area (Å²) in [6, 6.07) is 10.0. The fourth-order valence-corrected chi connectivity index (χ4v) is 3.35. The van der Waals surface area contributed by atoms with Gasteiger partial charge in [-0.05, 0) is 55.0 Å². The lowest BCUT2D eigenvalue weighted by atomic mass is 10.2. The molecule has 1 amide bonds. The molecule has 2 aromatic carbocycles. The van der Waals surface area contributed by atoms with Gasteiger partial charge in [-0.2, -0.15) is 18.3 Å². The van der Waals surface area contributed by atoms with E-state index in [0.29, 0.717) is 50.0 Å². The number of hydrazone groups is 1. The van der Waals surface area contributed by atoms with Crippen LogP contribution in [0.4, 0.5) is 18.9 Å². The molecule has 1 fully saturated rings. The zero-order chi connectivity index (χ0) is 25.3. The van der Waals surface area contributed by atoms with E-state index in [-0.39, 0.29) is 23.3 Å². The summed E-state index contributed by atoms with van der Waals surface area (Å²) in [6.45, 7) is 4.13. The quantitative estimate of drug-likeness (QED) is 0.319. The summed E-state index contributed by atoms with van der Waals surface area (Å²) in [5.74, 6) is 0.684. The number of carbonyl (C=O) groups excluding carboxylic acids is 1. The molecular weight excluding hydrogens is 485 g/mol. The number of halogens is 3. The number of hydrogen-bond donors (Lipinski definition) is 2. The van der Waals surface area contributed by atoms with Crippen molar-refractivity contribution >= 4 is 35.1 Å². The first kappa shape index (κ1) is 26.2. The van der Waals surface area contributed by atoms with Crippen molar-refractivity contribution in [2.45, 2.75) is 13.1 Å². The first-order valence-corrected chi connectivity index (χ1v) is 11.2. The fourth-order valence-electron chi connectivity index (χ4n) is 3.19. The molecule has 3 rings (SSSR count). The number of hydrogen-bond acceptors (Lipinski definition) is 6. The van der Waals surface area contributed by atoms with Crippen LogP contribution in [-0.2, 0) is 15.7 Å². The fraction of sp³-hybridized carbons (Fsp3) is 0.348. The minimum atomic E-state index is -4.52. The molecule has 12 heteroatoms. The highest BCUT2D eigenvalue weighted by molar-refractivity contribution is 7.80. The Kier molecular flexibility index (Phi) is 9.26. The lowest BCUT2D eigenvalue weighted by Crippen LogP contribution is -2.43.